The maximum Gasteiger partial charge on any atom is 0.328 e. The van der Waals surface area contributed by atoms with Crippen molar-refractivity contribution in [2.45, 2.75) is 44.6 Å². The second kappa shape index (κ2) is 9.34. The first-order valence-electron chi connectivity index (χ1n) is 9.77. The molecule has 0 aliphatic carbocycles. The van der Waals surface area contributed by atoms with Gasteiger partial charge in [0, 0.05) is 32.5 Å². The van der Waals surface area contributed by atoms with E-state index >= 15 is 0 Å². The van der Waals surface area contributed by atoms with Crippen molar-refractivity contribution in [2.24, 2.45) is 5.10 Å². The Hall–Kier alpha value is -2.90. The van der Waals surface area contributed by atoms with Crippen molar-refractivity contribution < 1.29 is 19.5 Å². The van der Waals surface area contributed by atoms with Crippen LogP contribution in [0.25, 0.3) is 0 Å². The van der Waals surface area contributed by atoms with Crippen molar-refractivity contribution in [2.75, 3.05) is 24.6 Å². The van der Waals surface area contributed by atoms with Crippen LogP contribution in [0.4, 0.5) is 5.69 Å². The zero-order valence-corrected chi connectivity index (χ0v) is 15.8. The fourth-order valence-corrected chi connectivity index (χ4v) is 3.52. The van der Waals surface area contributed by atoms with Crippen molar-refractivity contribution >= 4 is 29.2 Å². The Balaban J connectivity index is 1.55. The number of carbonyl (C=O) groups is 3. The minimum absolute atomic E-state index is 0.0239. The van der Waals surface area contributed by atoms with Crippen LogP contribution in [-0.2, 0) is 14.4 Å². The highest BCUT2D eigenvalue weighted by atomic mass is 16.4. The predicted molar refractivity (Wildman–Crippen MR) is 105 cm³/mol. The number of nitrogens with zero attached hydrogens (tertiary/aromatic N) is 3. The maximum atomic E-state index is 12.4. The molecule has 0 aromatic heterocycles. The van der Waals surface area contributed by atoms with Crippen LogP contribution >= 0.6 is 0 Å². The van der Waals surface area contributed by atoms with Crippen LogP contribution in [0.5, 0.6) is 0 Å². The minimum atomic E-state index is -1.04. The predicted octanol–water partition coefficient (Wildman–Crippen LogP) is 1.61. The van der Waals surface area contributed by atoms with Crippen molar-refractivity contribution in [3.05, 3.63) is 30.3 Å². The average Bonchev–Trinajstić information content (AvgIpc) is 2.97. The lowest BCUT2D eigenvalue weighted by Gasteiger charge is -2.20. The number of likely N-dealkylation sites (tertiary alicyclic amines) is 1. The molecule has 1 unspecified atom stereocenters. The molecule has 1 atom stereocenters. The number of amides is 2. The Kier molecular flexibility index (Phi) is 6.62. The first-order valence-corrected chi connectivity index (χ1v) is 9.77. The van der Waals surface area contributed by atoms with Gasteiger partial charge in [-0.05, 0) is 25.0 Å². The smallest absolute Gasteiger partial charge is 0.328 e. The summed E-state index contributed by atoms with van der Waals surface area (Å²) in [6.07, 6.45) is 4.63. The molecule has 2 aliphatic heterocycles. The molecule has 2 N–H and O–H groups in total. The first kappa shape index (κ1) is 19.9. The Morgan fingerprint density at radius 2 is 1.75 bits per heavy atom. The van der Waals surface area contributed by atoms with Crippen molar-refractivity contribution in [3.8, 4) is 0 Å². The molecule has 2 aliphatic rings. The summed E-state index contributed by atoms with van der Waals surface area (Å²) in [7, 11) is 0. The molecule has 0 saturated carbocycles. The van der Waals surface area contributed by atoms with Gasteiger partial charge in [-0.1, -0.05) is 31.0 Å². The zero-order valence-electron chi connectivity index (χ0n) is 15.8. The molecule has 1 aromatic rings. The van der Waals surface area contributed by atoms with E-state index in [4.69, 9.17) is 0 Å². The number of hydrogen-bond donors (Lipinski definition) is 2. The highest BCUT2D eigenvalue weighted by Gasteiger charge is 2.36. The van der Waals surface area contributed by atoms with E-state index in [1.165, 1.54) is 5.01 Å². The van der Waals surface area contributed by atoms with E-state index in [0.29, 0.717) is 5.69 Å². The number of carboxylic acids is 1. The number of carboxylic acid groups (broad SMARTS) is 1. The highest BCUT2D eigenvalue weighted by molar-refractivity contribution is 6.40. The monoisotopic (exact) mass is 386 g/mol. The maximum absolute atomic E-state index is 12.4. The molecule has 150 valence electrons. The lowest BCUT2D eigenvalue weighted by Crippen LogP contribution is -2.37. The number of benzene rings is 1. The Morgan fingerprint density at radius 1 is 1.07 bits per heavy atom. The zero-order chi connectivity index (χ0) is 19.9. The van der Waals surface area contributed by atoms with Crippen LogP contribution in [-0.4, -0.2) is 59.2 Å². The number of hydrogen-bond acceptors (Lipinski definition) is 5. The van der Waals surface area contributed by atoms with Crippen molar-refractivity contribution in [3.63, 3.8) is 0 Å². The van der Waals surface area contributed by atoms with Gasteiger partial charge in [0.1, 0.15) is 5.71 Å². The van der Waals surface area contributed by atoms with Crippen LogP contribution in [0.1, 0.15) is 38.5 Å². The molecular formula is C20H26N4O4. The summed E-state index contributed by atoms with van der Waals surface area (Å²) in [5, 5.41) is 17.8. The molecule has 1 aromatic carbocycles. The molecule has 3 rings (SSSR count). The minimum Gasteiger partial charge on any atom is -0.480 e. The van der Waals surface area contributed by atoms with Crippen molar-refractivity contribution in [1.29, 1.82) is 0 Å². The van der Waals surface area contributed by atoms with Crippen LogP contribution in [0, 0.1) is 0 Å². The van der Waals surface area contributed by atoms with E-state index in [1.54, 1.807) is 24.3 Å². The van der Waals surface area contributed by atoms with Gasteiger partial charge < -0.3 is 15.3 Å². The summed E-state index contributed by atoms with van der Waals surface area (Å²) in [6.45, 7) is 1.79. The van der Waals surface area contributed by atoms with Gasteiger partial charge in [0.05, 0.1) is 5.69 Å². The molecule has 8 nitrogen and oxygen atoms in total. The highest BCUT2D eigenvalue weighted by Crippen LogP contribution is 2.24. The number of hydrazone groups is 1. The Bertz CT molecular complexity index is 742. The van der Waals surface area contributed by atoms with E-state index in [9.17, 15) is 19.5 Å². The summed E-state index contributed by atoms with van der Waals surface area (Å²) in [4.78, 5) is 38.1. The van der Waals surface area contributed by atoms with Gasteiger partial charge in [0.25, 0.3) is 5.91 Å². The largest absolute Gasteiger partial charge is 0.480 e. The van der Waals surface area contributed by atoms with Gasteiger partial charge in [0.15, 0.2) is 6.04 Å². The fourth-order valence-electron chi connectivity index (χ4n) is 3.52. The van der Waals surface area contributed by atoms with E-state index in [0.717, 1.165) is 38.8 Å². The van der Waals surface area contributed by atoms with Gasteiger partial charge in [-0.2, -0.15) is 5.10 Å². The second-order valence-corrected chi connectivity index (χ2v) is 7.09. The number of nitrogens with one attached hydrogen (secondary N) is 1. The van der Waals surface area contributed by atoms with Crippen LogP contribution in [0.15, 0.2) is 35.4 Å². The summed E-state index contributed by atoms with van der Waals surface area (Å²) in [6, 6.07) is 7.99. The van der Waals surface area contributed by atoms with Gasteiger partial charge in [0.2, 0.25) is 5.91 Å². The summed E-state index contributed by atoms with van der Waals surface area (Å²) in [5.41, 5.74) is 0.785. The molecule has 8 heteroatoms. The van der Waals surface area contributed by atoms with Gasteiger partial charge in [-0.15, -0.1) is 0 Å². The fraction of sp³-hybridized carbons (Fsp3) is 0.500. The third kappa shape index (κ3) is 4.88. The summed E-state index contributed by atoms with van der Waals surface area (Å²) < 4.78 is 0. The van der Waals surface area contributed by atoms with Gasteiger partial charge >= 0.3 is 5.97 Å². The average molecular weight is 386 g/mol. The Morgan fingerprint density at radius 3 is 2.39 bits per heavy atom. The molecule has 1 fully saturated rings. The molecule has 28 heavy (non-hydrogen) atoms. The lowest BCUT2D eigenvalue weighted by atomic mass is 10.1. The van der Waals surface area contributed by atoms with E-state index in [1.807, 2.05) is 11.0 Å². The SMILES string of the molecule is O=C(NCCC(=O)N1CCCCCC1)C1=NN(c2ccccc2)C(C(=O)O)C1. The Labute approximate surface area is 164 Å². The number of para-hydroxylation sites is 1. The lowest BCUT2D eigenvalue weighted by molar-refractivity contribution is -0.138. The molecular weight excluding hydrogens is 360 g/mol. The van der Waals surface area contributed by atoms with Crippen molar-refractivity contribution in [1.82, 2.24) is 10.2 Å². The molecule has 0 radical (unpaired) electrons. The van der Waals surface area contributed by atoms with E-state index in [2.05, 4.69) is 10.4 Å². The quantitative estimate of drug-likeness (QED) is 0.773. The third-order valence-corrected chi connectivity index (χ3v) is 5.06. The van der Waals surface area contributed by atoms with Gasteiger partial charge in [-0.25, -0.2) is 4.79 Å². The van der Waals surface area contributed by atoms with Crippen LogP contribution in [0.2, 0.25) is 0 Å². The van der Waals surface area contributed by atoms with Gasteiger partial charge in [-0.3, -0.25) is 14.6 Å². The summed E-state index contributed by atoms with van der Waals surface area (Å²) in [5.74, 6) is -1.41. The molecule has 0 bridgehead atoms. The number of carbonyl (C=O) groups excluding carboxylic acids is 2. The van der Waals surface area contributed by atoms with E-state index in [-0.39, 0.29) is 31.0 Å². The summed E-state index contributed by atoms with van der Waals surface area (Å²) >= 11 is 0. The normalized spacial score (nSPS) is 19.7. The molecule has 2 amide bonds. The number of aliphatic carboxylic acids is 1. The second-order valence-electron chi connectivity index (χ2n) is 7.09. The van der Waals surface area contributed by atoms with Crippen LogP contribution in [0.3, 0.4) is 0 Å². The van der Waals surface area contributed by atoms with E-state index < -0.39 is 17.9 Å². The topological polar surface area (TPSA) is 102 Å². The molecule has 2 heterocycles. The third-order valence-electron chi connectivity index (χ3n) is 5.06. The number of rotatable bonds is 6. The standard InChI is InChI=1S/C20H26N4O4/c25-18(23-12-6-1-2-7-13-23)10-11-21-19(26)16-14-17(20(27)28)24(22-16)15-8-4-3-5-9-15/h3-5,8-9,17H,1-2,6-7,10-14H2,(H,21,26)(H,27,28). The number of anilines is 1. The molecule has 1 saturated heterocycles. The van der Waals surface area contributed by atoms with Crippen LogP contribution < -0.4 is 10.3 Å². The molecule has 0 spiro atoms. The first-order chi connectivity index (χ1) is 13.6.